The molecule has 0 aliphatic rings. The summed E-state index contributed by atoms with van der Waals surface area (Å²) in [5.41, 5.74) is 2.44. The number of pyridine rings is 2. The van der Waals surface area contributed by atoms with Gasteiger partial charge in [-0.15, -0.1) is 0 Å². The lowest BCUT2D eigenvalue weighted by Crippen LogP contribution is -2.34. The summed E-state index contributed by atoms with van der Waals surface area (Å²) < 4.78 is 3.01. The van der Waals surface area contributed by atoms with Crippen molar-refractivity contribution in [3.63, 3.8) is 0 Å². The number of aromatic nitrogens is 3. The van der Waals surface area contributed by atoms with Crippen LogP contribution < -0.4 is 11.1 Å². The van der Waals surface area contributed by atoms with E-state index >= 15 is 0 Å². The number of benzene rings is 3. The van der Waals surface area contributed by atoms with Crippen molar-refractivity contribution in [2.45, 2.75) is 6.54 Å². The molecule has 3 aromatic heterocycles. The Morgan fingerprint density at radius 1 is 0.677 bits per heavy atom. The SMILES string of the molecule is O=c1c2cc3ccccc3nc2c2cc3ccccc3c(=O)n2n1Cc1ccccc1. The van der Waals surface area contributed by atoms with E-state index in [1.165, 1.54) is 9.20 Å². The molecule has 0 bridgehead atoms. The number of hydrogen-bond acceptors (Lipinski definition) is 3. The summed E-state index contributed by atoms with van der Waals surface area (Å²) in [6.07, 6.45) is 0. The van der Waals surface area contributed by atoms with Crippen LogP contribution in [0.3, 0.4) is 0 Å². The van der Waals surface area contributed by atoms with Crippen molar-refractivity contribution < 1.29 is 0 Å². The zero-order valence-corrected chi connectivity index (χ0v) is 16.5. The fourth-order valence-corrected chi connectivity index (χ4v) is 4.26. The van der Waals surface area contributed by atoms with Gasteiger partial charge < -0.3 is 0 Å². The zero-order chi connectivity index (χ0) is 20.9. The van der Waals surface area contributed by atoms with E-state index in [0.29, 0.717) is 21.8 Å². The molecule has 6 rings (SSSR count). The van der Waals surface area contributed by atoms with Crippen LogP contribution in [0.4, 0.5) is 0 Å². The lowest BCUT2D eigenvalue weighted by Gasteiger charge is -2.15. The van der Waals surface area contributed by atoms with Gasteiger partial charge in [-0.3, -0.25) is 9.59 Å². The molecular formula is C26H17N3O2. The van der Waals surface area contributed by atoms with Gasteiger partial charge in [0.15, 0.2) is 0 Å². The summed E-state index contributed by atoms with van der Waals surface area (Å²) in [7, 11) is 0. The van der Waals surface area contributed by atoms with E-state index in [-0.39, 0.29) is 17.7 Å². The van der Waals surface area contributed by atoms with Crippen LogP contribution in [0.5, 0.6) is 0 Å². The Hall–Kier alpha value is -4.25. The van der Waals surface area contributed by atoms with Gasteiger partial charge in [0.25, 0.3) is 11.1 Å². The van der Waals surface area contributed by atoms with Gasteiger partial charge in [0.2, 0.25) is 0 Å². The predicted octanol–water partition coefficient (Wildman–Crippen LogP) is 4.36. The third-order valence-electron chi connectivity index (χ3n) is 5.75. The van der Waals surface area contributed by atoms with Gasteiger partial charge >= 0.3 is 0 Å². The molecule has 3 aromatic carbocycles. The highest BCUT2D eigenvalue weighted by Gasteiger charge is 2.16. The molecule has 6 aromatic rings. The van der Waals surface area contributed by atoms with Crippen molar-refractivity contribution in [2.75, 3.05) is 0 Å². The predicted molar refractivity (Wildman–Crippen MR) is 124 cm³/mol. The summed E-state index contributed by atoms with van der Waals surface area (Å²) >= 11 is 0. The smallest absolute Gasteiger partial charge is 0.267 e. The Morgan fingerprint density at radius 3 is 2.23 bits per heavy atom. The van der Waals surface area contributed by atoms with Crippen molar-refractivity contribution >= 4 is 38.1 Å². The van der Waals surface area contributed by atoms with Crippen molar-refractivity contribution in [1.29, 1.82) is 0 Å². The molecule has 0 aliphatic heterocycles. The minimum absolute atomic E-state index is 0.224. The Balaban J connectivity index is 1.85. The molecule has 5 nitrogen and oxygen atoms in total. The van der Waals surface area contributed by atoms with Crippen molar-refractivity contribution in [2.24, 2.45) is 0 Å². The Bertz CT molecular complexity index is 1750. The molecule has 31 heavy (non-hydrogen) atoms. The first-order chi connectivity index (χ1) is 15.2. The highest BCUT2D eigenvalue weighted by atomic mass is 16.2. The third-order valence-corrected chi connectivity index (χ3v) is 5.75. The van der Waals surface area contributed by atoms with Crippen LogP contribution in [-0.2, 0) is 6.54 Å². The second-order valence-electron chi connectivity index (χ2n) is 7.66. The second kappa shape index (κ2) is 6.64. The Labute approximate surface area is 176 Å². The van der Waals surface area contributed by atoms with Gasteiger partial charge in [0, 0.05) is 10.8 Å². The van der Waals surface area contributed by atoms with Gasteiger partial charge in [-0.25, -0.2) is 14.2 Å². The minimum Gasteiger partial charge on any atom is -0.267 e. The largest absolute Gasteiger partial charge is 0.277 e. The van der Waals surface area contributed by atoms with Crippen LogP contribution in [0.1, 0.15) is 5.56 Å². The van der Waals surface area contributed by atoms with Gasteiger partial charge in [0.1, 0.15) is 5.52 Å². The van der Waals surface area contributed by atoms with Gasteiger partial charge in [-0.05, 0) is 35.2 Å². The lowest BCUT2D eigenvalue weighted by molar-refractivity contribution is 0.595. The molecule has 0 saturated carbocycles. The average Bonchev–Trinajstić information content (AvgIpc) is 2.82. The molecule has 0 amide bonds. The molecule has 0 N–H and O–H groups in total. The van der Waals surface area contributed by atoms with Crippen molar-refractivity contribution in [3.05, 3.63) is 117 Å². The summed E-state index contributed by atoms with van der Waals surface area (Å²) in [5.74, 6) is 0. The molecule has 148 valence electrons. The van der Waals surface area contributed by atoms with Crippen LogP contribution >= 0.6 is 0 Å². The minimum atomic E-state index is -0.234. The number of rotatable bonds is 2. The van der Waals surface area contributed by atoms with E-state index in [4.69, 9.17) is 4.98 Å². The van der Waals surface area contributed by atoms with Crippen LogP contribution in [0.15, 0.2) is 101 Å². The molecule has 5 heteroatoms. The van der Waals surface area contributed by atoms with E-state index in [9.17, 15) is 9.59 Å². The highest BCUT2D eigenvalue weighted by Crippen LogP contribution is 2.23. The summed E-state index contributed by atoms with van der Waals surface area (Å²) in [6, 6.07) is 28.7. The molecule has 0 aliphatic carbocycles. The van der Waals surface area contributed by atoms with E-state index < -0.39 is 0 Å². The van der Waals surface area contributed by atoms with Crippen LogP contribution in [-0.4, -0.2) is 14.2 Å². The molecular weight excluding hydrogens is 386 g/mol. The highest BCUT2D eigenvalue weighted by molar-refractivity contribution is 6.01. The first kappa shape index (κ1) is 17.6. The fourth-order valence-electron chi connectivity index (χ4n) is 4.26. The van der Waals surface area contributed by atoms with Crippen molar-refractivity contribution in [1.82, 2.24) is 14.2 Å². The summed E-state index contributed by atoms with van der Waals surface area (Å²) in [6.45, 7) is 0.289. The number of para-hydroxylation sites is 1. The average molecular weight is 403 g/mol. The molecule has 0 atom stereocenters. The first-order valence-corrected chi connectivity index (χ1v) is 10.1. The van der Waals surface area contributed by atoms with Crippen LogP contribution in [0.25, 0.3) is 38.1 Å². The molecule has 0 spiro atoms. The third kappa shape index (κ3) is 2.67. The normalized spacial score (nSPS) is 11.6. The summed E-state index contributed by atoms with van der Waals surface area (Å²) in [4.78, 5) is 32.0. The maximum atomic E-state index is 13.6. The van der Waals surface area contributed by atoms with Gasteiger partial charge in [-0.1, -0.05) is 66.7 Å². The Morgan fingerprint density at radius 2 is 1.39 bits per heavy atom. The van der Waals surface area contributed by atoms with Crippen molar-refractivity contribution in [3.8, 4) is 0 Å². The summed E-state index contributed by atoms with van der Waals surface area (Å²) in [5, 5.41) is 2.80. The first-order valence-electron chi connectivity index (χ1n) is 10.1. The van der Waals surface area contributed by atoms with E-state index in [0.717, 1.165) is 21.9 Å². The number of fused-ring (bicyclic) bond motifs is 5. The Kier molecular flexibility index (Phi) is 3.77. The molecule has 3 heterocycles. The monoisotopic (exact) mass is 403 g/mol. The van der Waals surface area contributed by atoms with Crippen LogP contribution in [0, 0.1) is 0 Å². The maximum absolute atomic E-state index is 13.6. The molecule has 0 unspecified atom stereocenters. The molecule has 0 saturated heterocycles. The van der Waals surface area contributed by atoms with Gasteiger partial charge in [-0.2, -0.15) is 0 Å². The van der Waals surface area contributed by atoms with E-state index in [1.807, 2.05) is 84.9 Å². The fraction of sp³-hybridized carbons (Fsp3) is 0.0385. The quantitative estimate of drug-likeness (QED) is 0.319. The van der Waals surface area contributed by atoms with Gasteiger partial charge in [0.05, 0.1) is 23.0 Å². The molecule has 0 radical (unpaired) electrons. The van der Waals surface area contributed by atoms with E-state index in [2.05, 4.69) is 0 Å². The lowest BCUT2D eigenvalue weighted by atomic mass is 10.1. The van der Waals surface area contributed by atoms with Crippen LogP contribution in [0.2, 0.25) is 0 Å². The van der Waals surface area contributed by atoms with E-state index in [1.54, 1.807) is 6.07 Å². The zero-order valence-electron chi connectivity index (χ0n) is 16.5. The number of nitrogens with zero attached hydrogens (tertiary/aromatic N) is 3. The number of hydrogen-bond donors (Lipinski definition) is 0. The second-order valence-corrected chi connectivity index (χ2v) is 7.66. The topological polar surface area (TPSA) is 56.4 Å². The standard InChI is InChI=1S/C26H17N3O2/c30-25-21-14-19-11-5-7-13-22(19)27-24(21)23-15-18-10-4-6-12-20(18)26(31)29(23)28(25)16-17-8-2-1-3-9-17/h1-15H,16H2. The molecule has 0 fully saturated rings. The maximum Gasteiger partial charge on any atom is 0.277 e.